The molecular weight excluding hydrogens is 333 g/mol. The Hall–Kier alpha value is -2.60. The van der Waals surface area contributed by atoms with E-state index in [0.717, 1.165) is 17.7 Å². The molecule has 1 unspecified atom stereocenters. The van der Waals surface area contributed by atoms with Crippen LogP contribution in [0.15, 0.2) is 53.5 Å². The number of aliphatic hydroxyl groups excluding tert-OH is 1. The number of nitrogens with one attached hydrogen (secondary N) is 2. The van der Waals surface area contributed by atoms with Crippen LogP contribution in [-0.2, 0) is 13.2 Å². The third kappa shape index (κ3) is 6.37. The van der Waals surface area contributed by atoms with Gasteiger partial charge in [0.2, 0.25) is 0 Å². The molecule has 0 amide bonds. The molecule has 6 heteroatoms. The van der Waals surface area contributed by atoms with E-state index in [-0.39, 0.29) is 18.5 Å². The Morgan fingerprint density at radius 3 is 2.62 bits per heavy atom. The molecule has 0 aliphatic rings. The van der Waals surface area contributed by atoms with Crippen LogP contribution in [0.3, 0.4) is 0 Å². The second kappa shape index (κ2) is 10.4. The molecule has 26 heavy (non-hydrogen) atoms. The fraction of sp³-hybridized carbons (Fsp3) is 0.350. The van der Waals surface area contributed by atoms with Gasteiger partial charge in [0, 0.05) is 12.6 Å². The van der Waals surface area contributed by atoms with Crippen LogP contribution in [0, 0.1) is 5.82 Å². The summed E-state index contributed by atoms with van der Waals surface area (Å²) in [6.45, 7) is 5.60. The lowest BCUT2D eigenvalue weighted by Gasteiger charge is -2.18. The minimum atomic E-state index is -0.319. The van der Waals surface area contributed by atoms with Gasteiger partial charge in [-0.15, -0.1) is 0 Å². The number of aliphatic hydroxyl groups is 1. The third-order valence-corrected chi connectivity index (χ3v) is 3.73. The third-order valence-electron chi connectivity index (χ3n) is 3.73. The van der Waals surface area contributed by atoms with Crippen LogP contribution in [0.4, 0.5) is 4.39 Å². The number of benzene rings is 2. The van der Waals surface area contributed by atoms with Gasteiger partial charge in [-0.1, -0.05) is 30.3 Å². The van der Waals surface area contributed by atoms with Crippen molar-refractivity contribution < 1.29 is 14.2 Å². The highest BCUT2D eigenvalue weighted by molar-refractivity contribution is 5.79. The SMILES string of the molecule is CCNC(=NCc1ccccc1CO)NCC(C)Oc1cccc(F)c1. The van der Waals surface area contributed by atoms with Gasteiger partial charge in [-0.25, -0.2) is 9.38 Å². The summed E-state index contributed by atoms with van der Waals surface area (Å²) >= 11 is 0. The number of rotatable bonds is 8. The van der Waals surface area contributed by atoms with Crippen LogP contribution >= 0.6 is 0 Å². The smallest absolute Gasteiger partial charge is 0.191 e. The minimum Gasteiger partial charge on any atom is -0.489 e. The monoisotopic (exact) mass is 359 g/mol. The Balaban J connectivity index is 1.92. The number of halogens is 1. The normalized spacial score (nSPS) is 12.5. The highest BCUT2D eigenvalue weighted by Crippen LogP contribution is 2.13. The van der Waals surface area contributed by atoms with Crippen molar-refractivity contribution in [3.8, 4) is 5.75 Å². The molecule has 5 nitrogen and oxygen atoms in total. The summed E-state index contributed by atoms with van der Waals surface area (Å²) in [7, 11) is 0. The zero-order valence-corrected chi connectivity index (χ0v) is 15.2. The van der Waals surface area contributed by atoms with Crippen molar-refractivity contribution in [1.29, 1.82) is 0 Å². The Morgan fingerprint density at radius 1 is 1.15 bits per heavy atom. The van der Waals surface area contributed by atoms with E-state index in [4.69, 9.17) is 4.74 Å². The fourth-order valence-electron chi connectivity index (χ4n) is 2.43. The lowest BCUT2D eigenvalue weighted by molar-refractivity contribution is 0.223. The molecule has 140 valence electrons. The van der Waals surface area contributed by atoms with Gasteiger partial charge in [-0.3, -0.25) is 0 Å². The second-order valence-corrected chi connectivity index (χ2v) is 5.89. The predicted molar refractivity (Wildman–Crippen MR) is 102 cm³/mol. The molecule has 0 saturated carbocycles. The number of aliphatic imine (C=N–C) groups is 1. The van der Waals surface area contributed by atoms with Gasteiger partial charge in [-0.05, 0) is 37.1 Å². The number of nitrogens with zero attached hydrogens (tertiary/aromatic N) is 1. The average Bonchev–Trinajstić information content (AvgIpc) is 2.64. The summed E-state index contributed by atoms with van der Waals surface area (Å²) in [4.78, 5) is 4.55. The molecule has 0 heterocycles. The highest BCUT2D eigenvalue weighted by atomic mass is 19.1. The van der Waals surface area contributed by atoms with Gasteiger partial charge in [0.15, 0.2) is 5.96 Å². The van der Waals surface area contributed by atoms with Gasteiger partial charge in [0.05, 0.1) is 19.7 Å². The molecule has 2 aromatic carbocycles. The van der Waals surface area contributed by atoms with Gasteiger partial charge >= 0.3 is 0 Å². The Kier molecular flexibility index (Phi) is 7.89. The van der Waals surface area contributed by atoms with Crippen LogP contribution in [0.5, 0.6) is 5.75 Å². The maximum absolute atomic E-state index is 13.2. The molecule has 0 radical (unpaired) electrons. The largest absolute Gasteiger partial charge is 0.489 e. The van der Waals surface area contributed by atoms with E-state index in [2.05, 4.69) is 15.6 Å². The fourth-order valence-corrected chi connectivity index (χ4v) is 2.43. The molecule has 1 atom stereocenters. The molecule has 2 rings (SSSR count). The quantitative estimate of drug-likeness (QED) is 0.501. The van der Waals surface area contributed by atoms with E-state index in [1.54, 1.807) is 12.1 Å². The average molecular weight is 359 g/mol. The van der Waals surface area contributed by atoms with Crippen molar-refractivity contribution >= 4 is 5.96 Å². The van der Waals surface area contributed by atoms with Gasteiger partial charge in [-0.2, -0.15) is 0 Å². The Bertz CT molecular complexity index is 722. The van der Waals surface area contributed by atoms with Crippen molar-refractivity contribution in [2.45, 2.75) is 33.1 Å². The van der Waals surface area contributed by atoms with Crippen molar-refractivity contribution in [3.63, 3.8) is 0 Å². The van der Waals surface area contributed by atoms with Crippen molar-refractivity contribution in [3.05, 3.63) is 65.5 Å². The molecular formula is C20H26FN3O2. The van der Waals surface area contributed by atoms with Crippen molar-refractivity contribution in [2.75, 3.05) is 13.1 Å². The molecule has 0 aliphatic heterocycles. The van der Waals surface area contributed by atoms with Crippen LogP contribution in [0.1, 0.15) is 25.0 Å². The number of ether oxygens (including phenoxy) is 1. The number of hydrogen-bond donors (Lipinski definition) is 3. The topological polar surface area (TPSA) is 65.9 Å². The predicted octanol–water partition coefficient (Wildman–Crippen LogP) is 2.84. The Morgan fingerprint density at radius 2 is 1.92 bits per heavy atom. The van der Waals surface area contributed by atoms with Crippen molar-refractivity contribution in [1.82, 2.24) is 10.6 Å². The molecule has 2 aromatic rings. The highest BCUT2D eigenvalue weighted by Gasteiger charge is 2.07. The van der Waals surface area contributed by atoms with E-state index < -0.39 is 0 Å². The maximum Gasteiger partial charge on any atom is 0.191 e. The summed E-state index contributed by atoms with van der Waals surface area (Å²) < 4.78 is 18.9. The first-order valence-corrected chi connectivity index (χ1v) is 8.74. The van der Waals surface area contributed by atoms with Gasteiger partial charge in [0.25, 0.3) is 0 Å². The first-order valence-electron chi connectivity index (χ1n) is 8.74. The first kappa shape index (κ1) is 19.7. The van der Waals surface area contributed by atoms with E-state index in [1.807, 2.05) is 38.1 Å². The molecule has 0 saturated heterocycles. The Labute approximate surface area is 153 Å². The van der Waals surface area contributed by atoms with E-state index in [0.29, 0.717) is 24.8 Å². The zero-order valence-electron chi connectivity index (χ0n) is 15.2. The summed E-state index contributed by atoms with van der Waals surface area (Å²) in [5, 5.41) is 15.8. The van der Waals surface area contributed by atoms with Gasteiger partial charge < -0.3 is 20.5 Å². The summed E-state index contributed by atoms with van der Waals surface area (Å²) in [6, 6.07) is 13.8. The van der Waals surface area contributed by atoms with Crippen LogP contribution in [0.25, 0.3) is 0 Å². The number of guanidine groups is 1. The van der Waals surface area contributed by atoms with Gasteiger partial charge in [0.1, 0.15) is 17.7 Å². The van der Waals surface area contributed by atoms with E-state index >= 15 is 0 Å². The van der Waals surface area contributed by atoms with Crippen LogP contribution < -0.4 is 15.4 Å². The van der Waals surface area contributed by atoms with E-state index in [9.17, 15) is 9.50 Å². The molecule has 0 fully saturated rings. The second-order valence-electron chi connectivity index (χ2n) is 5.89. The molecule has 0 aliphatic carbocycles. The van der Waals surface area contributed by atoms with Crippen molar-refractivity contribution in [2.24, 2.45) is 4.99 Å². The summed E-state index contributed by atoms with van der Waals surface area (Å²) in [5.74, 6) is 0.841. The molecule has 0 bridgehead atoms. The first-order chi connectivity index (χ1) is 12.6. The lowest BCUT2D eigenvalue weighted by atomic mass is 10.1. The summed E-state index contributed by atoms with van der Waals surface area (Å²) in [5.41, 5.74) is 1.85. The lowest BCUT2D eigenvalue weighted by Crippen LogP contribution is -2.41. The molecule has 0 spiro atoms. The summed E-state index contributed by atoms with van der Waals surface area (Å²) in [6.07, 6.45) is -0.162. The minimum absolute atomic E-state index is 0.00578. The zero-order chi connectivity index (χ0) is 18.8. The standard InChI is InChI=1S/C20H26FN3O2/c1-3-22-20(24-13-16-7-4-5-8-17(16)14-25)23-12-15(2)26-19-10-6-9-18(21)11-19/h4-11,15,25H,3,12-14H2,1-2H3,(H2,22,23,24). The van der Waals surface area contributed by atoms with E-state index in [1.165, 1.54) is 12.1 Å². The van der Waals surface area contributed by atoms with Crippen LogP contribution in [-0.4, -0.2) is 30.3 Å². The molecule has 3 N–H and O–H groups in total. The van der Waals surface area contributed by atoms with Crippen LogP contribution in [0.2, 0.25) is 0 Å². The number of hydrogen-bond acceptors (Lipinski definition) is 3. The molecule has 0 aromatic heterocycles. The maximum atomic E-state index is 13.2.